The first-order valence-electron chi connectivity index (χ1n) is 8.16. The summed E-state index contributed by atoms with van der Waals surface area (Å²) in [5.41, 5.74) is 10.4. The Bertz CT molecular complexity index is 912. The van der Waals surface area contributed by atoms with Crippen molar-refractivity contribution in [1.29, 1.82) is 0 Å². The largest absolute Gasteiger partial charge is 0.393 e. The van der Waals surface area contributed by atoms with Crippen molar-refractivity contribution in [2.45, 2.75) is 13.0 Å². The highest BCUT2D eigenvalue weighted by Crippen LogP contribution is 2.33. The van der Waals surface area contributed by atoms with Gasteiger partial charge in [-0.05, 0) is 29.7 Å². The molecule has 0 aliphatic carbocycles. The average Bonchev–Trinajstić information content (AvgIpc) is 2.65. The molecular weight excluding hydrogens is 334 g/mol. The second kappa shape index (κ2) is 6.61. The van der Waals surface area contributed by atoms with Gasteiger partial charge < -0.3 is 16.0 Å². The molecule has 3 N–H and O–H groups in total. The Hall–Kier alpha value is -2.79. The van der Waals surface area contributed by atoms with Gasteiger partial charge >= 0.3 is 0 Å². The average molecular weight is 352 g/mol. The van der Waals surface area contributed by atoms with Crippen LogP contribution in [0.15, 0.2) is 54.9 Å². The Kier molecular flexibility index (Phi) is 4.15. The summed E-state index contributed by atoms with van der Waals surface area (Å²) in [6, 6.07) is 16.0. The van der Waals surface area contributed by atoms with Crippen LogP contribution >= 0.6 is 11.6 Å². The molecule has 126 valence electrons. The molecule has 0 bridgehead atoms. The summed E-state index contributed by atoms with van der Waals surface area (Å²) in [5, 5.41) is 3.82. The Morgan fingerprint density at radius 3 is 2.60 bits per heavy atom. The summed E-state index contributed by atoms with van der Waals surface area (Å²) in [6.45, 7) is 1.67. The molecule has 3 aromatic rings. The van der Waals surface area contributed by atoms with Crippen molar-refractivity contribution < 1.29 is 0 Å². The maximum atomic E-state index is 6.36. The molecule has 6 heteroatoms. The summed E-state index contributed by atoms with van der Waals surface area (Å²) >= 11 is 6.21. The topological polar surface area (TPSA) is 67.1 Å². The van der Waals surface area contributed by atoms with Crippen molar-refractivity contribution in [3.63, 3.8) is 0 Å². The molecule has 0 fully saturated rings. The van der Waals surface area contributed by atoms with Gasteiger partial charge in [0.05, 0.1) is 10.7 Å². The van der Waals surface area contributed by atoms with E-state index in [1.54, 1.807) is 0 Å². The predicted octanol–water partition coefficient (Wildman–Crippen LogP) is 4.02. The van der Waals surface area contributed by atoms with Crippen molar-refractivity contribution in [1.82, 2.24) is 9.97 Å². The number of rotatable bonds is 3. The van der Waals surface area contributed by atoms with Crippen LogP contribution in [0, 0.1) is 0 Å². The zero-order chi connectivity index (χ0) is 17.2. The van der Waals surface area contributed by atoms with Crippen molar-refractivity contribution in [2.75, 3.05) is 22.5 Å². The minimum absolute atomic E-state index is 0.529. The summed E-state index contributed by atoms with van der Waals surface area (Å²) in [5.74, 6) is 1.32. The first-order chi connectivity index (χ1) is 12.2. The number of aromatic nitrogens is 2. The molecule has 4 rings (SSSR count). The van der Waals surface area contributed by atoms with E-state index in [1.165, 1.54) is 17.5 Å². The van der Waals surface area contributed by atoms with E-state index in [9.17, 15) is 0 Å². The van der Waals surface area contributed by atoms with Crippen LogP contribution in [0.5, 0.6) is 0 Å². The lowest BCUT2D eigenvalue weighted by Crippen LogP contribution is -2.31. The fraction of sp³-hybridized carbons (Fsp3) is 0.158. The highest BCUT2D eigenvalue weighted by molar-refractivity contribution is 6.33. The summed E-state index contributed by atoms with van der Waals surface area (Å²) in [4.78, 5) is 10.9. The lowest BCUT2D eigenvalue weighted by molar-refractivity contribution is 0.721. The number of nitrogen functional groups attached to an aromatic ring is 1. The molecule has 25 heavy (non-hydrogen) atoms. The van der Waals surface area contributed by atoms with Gasteiger partial charge in [-0.3, -0.25) is 0 Å². The Morgan fingerprint density at radius 2 is 1.76 bits per heavy atom. The third-order valence-electron chi connectivity index (χ3n) is 4.42. The maximum Gasteiger partial charge on any atom is 0.159 e. The Morgan fingerprint density at radius 1 is 1.00 bits per heavy atom. The summed E-state index contributed by atoms with van der Waals surface area (Å²) in [6.07, 6.45) is 2.51. The van der Waals surface area contributed by atoms with E-state index in [0.29, 0.717) is 16.5 Å². The number of anilines is 4. The number of para-hydroxylation sites is 1. The molecule has 5 nitrogen and oxygen atoms in total. The summed E-state index contributed by atoms with van der Waals surface area (Å²) < 4.78 is 0. The number of benzene rings is 2. The quantitative estimate of drug-likeness (QED) is 0.746. The molecule has 0 saturated carbocycles. The van der Waals surface area contributed by atoms with Crippen LogP contribution in [-0.4, -0.2) is 16.5 Å². The normalized spacial score (nSPS) is 13.4. The fourth-order valence-electron chi connectivity index (χ4n) is 3.10. The fourth-order valence-corrected chi connectivity index (χ4v) is 3.29. The number of nitrogens with two attached hydrogens (primary N) is 1. The number of fused-ring (bicyclic) bond motifs is 1. The molecule has 1 aromatic heterocycles. The highest BCUT2D eigenvalue weighted by atomic mass is 35.5. The third kappa shape index (κ3) is 3.10. The molecule has 0 atom stereocenters. The van der Waals surface area contributed by atoms with Gasteiger partial charge in [0.1, 0.15) is 12.0 Å². The Balaban J connectivity index is 1.63. The van der Waals surface area contributed by atoms with Crippen LogP contribution < -0.4 is 16.0 Å². The van der Waals surface area contributed by atoms with Gasteiger partial charge in [0.15, 0.2) is 11.6 Å². The van der Waals surface area contributed by atoms with E-state index < -0.39 is 0 Å². The third-order valence-corrected chi connectivity index (χ3v) is 4.75. The van der Waals surface area contributed by atoms with Gasteiger partial charge in [-0.1, -0.05) is 48.0 Å². The number of halogens is 1. The van der Waals surface area contributed by atoms with E-state index in [2.05, 4.69) is 44.5 Å². The van der Waals surface area contributed by atoms with E-state index in [-0.39, 0.29) is 0 Å². The van der Waals surface area contributed by atoms with Crippen LogP contribution in [0.25, 0.3) is 0 Å². The Labute approximate surface area is 151 Å². The second-order valence-electron chi connectivity index (χ2n) is 6.00. The van der Waals surface area contributed by atoms with Crippen LogP contribution in [0.3, 0.4) is 0 Å². The highest BCUT2D eigenvalue weighted by Gasteiger charge is 2.20. The molecule has 0 radical (unpaired) electrons. The molecule has 2 aromatic carbocycles. The van der Waals surface area contributed by atoms with Gasteiger partial charge in [-0.2, -0.15) is 0 Å². The van der Waals surface area contributed by atoms with Crippen LogP contribution in [0.1, 0.15) is 11.1 Å². The molecular formula is C19H18ClN5. The van der Waals surface area contributed by atoms with Crippen molar-refractivity contribution in [3.8, 4) is 0 Å². The standard InChI is InChI=1S/C19H18ClN5/c20-15-7-3-4-8-16(15)24-18-17(21)19(23-12-22-18)25-10-9-13-5-1-2-6-14(13)11-25/h1-8,12H,9-11,21H2,(H,22,23,24). The number of nitrogens with zero attached hydrogens (tertiary/aromatic N) is 3. The van der Waals surface area contributed by atoms with Gasteiger partial charge in [0.25, 0.3) is 0 Å². The molecule has 0 saturated heterocycles. The minimum Gasteiger partial charge on any atom is -0.393 e. The van der Waals surface area contributed by atoms with Crippen molar-refractivity contribution in [2.24, 2.45) is 0 Å². The van der Waals surface area contributed by atoms with E-state index in [0.717, 1.165) is 31.0 Å². The van der Waals surface area contributed by atoms with Gasteiger partial charge in [-0.25, -0.2) is 9.97 Å². The number of nitrogens with one attached hydrogen (secondary N) is 1. The molecule has 2 heterocycles. The van der Waals surface area contributed by atoms with E-state index in [1.807, 2.05) is 24.3 Å². The molecule has 1 aliphatic rings. The number of hydrogen-bond acceptors (Lipinski definition) is 5. The predicted molar refractivity (Wildman–Crippen MR) is 102 cm³/mol. The minimum atomic E-state index is 0.529. The van der Waals surface area contributed by atoms with E-state index in [4.69, 9.17) is 17.3 Å². The van der Waals surface area contributed by atoms with E-state index >= 15 is 0 Å². The number of hydrogen-bond donors (Lipinski definition) is 2. The van der Waals surface area contributed by atoms with Gasteiger partial charge in [-0.15, -0.1) is 0 Å². The van der Waals surface area contributed by atoms with Crippen molar-refractivity contribution >= 4 is 34.6 Å². The lowest BCUT2D eigenvalue weighted by Gasteiger charge is -2.30. The zero-order valence-electron chi connectivity index (χ0n) is 13.6. The van der Waals surface area contributed by atoms with Crippen LogP contribution in [-0.2, 0) is 13.0 Å². The second-order valence-corrected chi connectivity index (χ2v) is 6.41. The summed E-state index contributed by atoms with van der Waals surface area (Å²) in [7, 11) is 0. The first kappa shape index (κ1) is 15.7. The molecule has 0 spiro atoms. The van der Waals surface area contributed by atoms with Crippen molar-refractivity contribution in [3.05, 3.63) is 71.0 Å². The SMILES string of the molecule is Nc1c(Nc2ccccc2Cl)ncnc1N1CCc2ccccc2C1. The van der Waals surface area contributed by atoms with Gasteiger partial charge in [0, 0.05) is 13.1 Å². The van der Waals surface area contributed by atoms with Crippen LogP contribution in [0.2, 0.25) is 5.02 Å². The first-order valence-corrected chi connectivity index (χ1v) is 8.54. The lowest BCUT2D eigenvalue weighted by atomic mass is 10.00. The molecule has 0 amide bonds. The molecule has 1 aliphatic heterocycles. The smallest absolute Gasteiger partial charge is 0.159 e. The maximum absolute atomic E-state index is 6.36. The monoisotopic (exact) mass is 351 g/mol. The van der Waals surface area contributed by atoms with Crippen LogP contribution in [0.4, 0.5) is 23.0 Å². The molecule has 0 unspecified atom stereocenters. The zero-order valence-corrected chi connectivity index (χ0v) is 14.4. The van der Waals surface area contributed by atoms with Gasteiger partial charge in [0.2, 0.25) is 0 Å².